The third-order valence-corrected chi connectivity index (χ3v) is 3.67. The maximum Gasteiger partial charge on any atom is 0.329 e. The summed E-state index contributed by atoms with van der Waals surface area (Å²) >= 11 is 5.90. The zero-order valence-electron chi connectivity index (χ0n) is 11.8. The minimum atomic E-state index is -0.941. The molecule has 21 heavy (non-hydrogen) atoms. The molecule has 1 aliphatic rings. The van der Waals surface area contributed by atoms with Crippen molar-refractivity contribution >= 4 is 29.4 Å². The molecule has 5 nitrogen and oxygen atoms in total. The van der Waals surface area contributed by atoms with Crippen LogP contribution in [0.25, 0.3) is 0 Å². The van der Waals surface area contributed by atoms with Gasteiger partial charge in [-0.2, -0.15) is 0 Å². The van der Waals surface area contributed by atoms with Gasteiger partial charge in [0.2, 0.25) is 0 Å². The van der Waals surface area contributed by atoms with Crippen molar-refractivity contribution in [2.45, 2.75) is 31.2 Å². The van der Waals surface area contributed by atoms with Gasteiger partial charge in [0.05, 0.1) is 18.2 Å². The number of halogens is 1. The zero-order valence-corrected chi connectivity index (χ0v) is 12.6. The van der Waals surface area contributed by atoms with Crippen molar-refractivity contribution in [1.82, 2.24) is 4.90 Å². The molecule has 112 valence electrons. The topological polar surface area (TPSA) is 63.7 Å². The minimum Gasteiger partial charge on any atom is -0.467 e. The highest BCUT2D eigenvalue weighted by Gasteiger charge is 2.42. The number of fused-ring (bicyclic) bond motifs is 1. The third-order valence-electron chi connectivity index (χ3n) is 3.45. The second-order valence-corrected chi connectivity index (χ2v) is 5.67. The monoisotopic (exact) mass is 309 g/mol. The number of amides is 2. The quantitative estimate of drug-likeness (QED) is 0.475. The SMILES string of the molecule is COC(=O)C(CCC(C)Cl)N1C(=O)c2ccccc2C1=O. The number of rotatable bonds is 5. The van der Waals surface area contributed by atoms with E-state index < -0.39 is 23.8 Å². The van der Waals surface area contributed by atoms with E-state index in [1.54, 1.807) is 31.2 Å². The summed E-state index contributed by atoms with van der Waals surface area (Å²) in [4.78, 5) is 37.7. The van der Waals surface area contributed by atoms with Gasteiger partial charge in [-0.05, 0) is 31.9 Å². The van der Waals surface area contributed by atoms with Gasteiger partial charge in [0.1, 0.15) is 6.04 Å². The van der Waals surface area contributed by atoms with Gasteiger partial charge in [-0.1, -0.05) is 12.1 Å². The molecule has 2 unspecified atom stereocenters. The summed E-state index contributed by atoms with van der Waals surface area (Å²) in [6.45, 7) is 1.79. The molecule has 1 aromatic carbocycles. The van der Waals surface area contributed by atoms with Crippen LogP contribution in [0.4, 0.5) is 0 Å². The molecule has 0 fully saturated rings. The lowest BCUT2D eigenvalue weighted by Gasteiger charge is -2.24. The average Bonchev–Trinajstić information content (AvgIpc) is 2.72. The van der Waals surface area contributed by atoms with Crippen LogP contribution in [-0.2, 0) is 9.53 Å². The van der Waals surface area contributed by atoms with Gasteiger partial charge in [-0.25, -0.2) is 4.79 Å². The van der Waals surface area contributed by atoms with Gasteiger partial charge in [0, 0.05) is 5.38 Å². The van der Waals surface area contributed by atoms with E-state index in [-0.39, 0.29) is 11.8 Å². The van der Waals surface area contributed by atoms with Crippen molar-refractivity contribution in [2.24, 2.45) is 0 Å². The first kappa shape index (κ1) is 15.5. The molecule has 1 aliphatic heterocycles. The Labute approximate surface area is 127 Å². The largest absolute Gasteiger partial charge is 0.467 e. The van der Waals surface area contributed by atoms with Crippen LogP contribution in [0.1, 0.15) is 40.5 Å². The summed E-state index contributed by atoms with van der Waals surface area (Å²) in [5.74, 6) is -1.54. The van der Waals surface area contributed by atoms with Crippen LogP contribution in [-0.4, -0.2) is 41.2 Å². The molecule has 2 atom stereocenters. The van der Waals surface area contributed by atoms with Crippen molar-refractivity contribution in [1.29, 1.82) is 0 Å². The van der Waals surface area contributed by atoms with Crippen LogP contribution in [0.5, 0.6) is 0 Å². The number of alkyl halides is 1. The fourth-order valence-corrected chi connectivity index (χ4v) is 2.49. The van der Waals surface area contributed by atoms with E-state index in [2.05, 4.69) is 0 Å². The van der Waals surface area contributed by atoms with Crippen molar-refractivity contribution in [3.05, 3.63) is 35.4 Å². The lowest BCUT2D eigenvalue weighted by atomic mass is 10.1. The summed E-state index contributed by atoms with van der Waals surface area (Å²) in [6.07, 6.45) is 0.775. The second kappa shape index (κ2) is 6.26. The number of nitrogens with zero attached hydrogens (tertiary/aromatic N) is 1. The number of imide groups is 1. The molecule has 1 heterocycles. The van der Waals surface area contributed by atoms with Gasteiger partial charge in [-0.15, -0.1) is 11.6 Å². The van der Waals surface area contributed by atoms with Crippen LogP contribution in [0.2, 0.25) is 0 Å². The molecule has 0 saturated carbocycles. The summed E-state index contributed by atoms with van der Waals surface area (Å²) in [7, 11) is 1.23. The number of ether oxygens (including phenoxy) is 1. The van der Waals surface area contributed by atoms with E-state index in [1.807, 2.05) is 0 Å². The summed E-state index contributed by atoms with van der Waals surface area (Å²) in [6, 6.07) is 5.58. The van der Waals surface area contributed by atoms with Crippen molar-refractivity contribution in [3.8, 4) is 0 Å². The Hall–Kier alpha value is -1.88. The molecule has 0 spiro atoms. The van der Waals surface area contributed by atoms with E-state index >= 15 is 0 Å². The molecule has 2 amide bonds. The molecule has 0 bridgehead atoms. The Morgan fingerprint density at radius 3 is 2.14 bits per heavy atom. The predicted molar refractivity (Wildman–Crippen MR) is 77.3 cm³/mol. The molecule has 0 N–H and O–H groups in total. The average molecular weight is 310 g/mol. The Morgan fingerprint density at radius 1 is 1.19 bits per heavy atom. The highest BCUT2D eigenvalue weighted by atomic mass is 35.5. The number of esters is 1. The predicted octanol–water partition coefficient (Wildman–Crippen LogP) is 2.23. The minimum absolute atomic E-state index is 0.160. The lowest BCUT2D eigenvalue weighted by Crippen LogP contribution is -2.45. The van der Waals surface area contributed by atoms with Crippen molar-refractivity contribution in [2.75, 3.05) is 7.11 Å². The van der Waals surface area contributed by atoms with Crippen LogP contribution in [0.15, 0.2) is 24.3 Å². The van der Waals surface area contributed by atoms with Crippen molar-refractivity contribution in [3.63, 3.8) is 0 Å². The highest BCUT2D eigenvalue weighted by molar-refractivity contribution is 6.22. The van der Waals surface area contributed by atoms with Crippen LogP contribution < -0.4 is 0 Å². The van der Waals surface area contributed by atoms with Crippen LogP contribution in [0.3, 0.4) is 0 Å². The molecule has 0 aromatic heterocycles. The van der Waals surface area contributed by atoms with Crippen molar-refractivity contribution < 1.29 is 19.1 Å². The first-order valence-corrected chi connectivity index (χ1v) is 7.09. The summed E-state index contributed by atoms with van der Waals surface area (Å²) < 4.78 is 4.72. The third kappa shape index (κ3) is 2.93. The maximum atomic E-state index is 12.4. The Bertz CT molecular complexity index is 550. The van der Waals surface area contributed by atoms with E-state index in [9.17, 15) is 14.4 Å². The van der Waals surface area contributed by atoms with Gasteiger partial charge in [0.15, 0.2) is 0 Å². The molecular weight excluding hydrogens is 294 g/mol. The maximum absolute atomic E-state index is 12.4. The molecule has 0 radical (unpaired) electrons. The molecule has 1 aromatic rings. The van der Waals surface area contributed by atoms with E-state index in [0.29, 0.717) is 17.5 Å². The second-order valence-electron chi connectivity index (χ2n) is 4.92. The Morgan fingerprint density at radius 2 is 1.71 bits per heavy atom. The van der Waals surface area contributed by atoms with Crippen LogP contribution >= 0.6 is 11.6 Å². The van der Waals surface area contributed by atoms with Gasteiger partial charge in [-0.3, -0.25) is 14.5 Å². The number of carbonyl (C=O) groups is 3. The molecule has 0 saturated heterocycles. The number of carbonyl (C=O) groups excluding carboxylic acids is 3. The highest BCUT2D eigenvalue weighted by Crippen LogP contribution is 2.27. The van der Waals surface area contributed by atoms with Gasteiger partial charge < -0.3 is 4.74 Å². The van der Waals surface area contributed by atoms with E-state index in [4.69, 9.17) is 16.3 Å². The smallest absolute Gasteiger partial charge is 0.329 e. The first-order valence-electron chi connectivity index (χ1n) is 6.66. The standard InChI is InChI=1S/C15H16ClNO4/c1-9(16)7-8-12(15(20)21-2)17-13(18)10-5-3-4-6-11(10)14(17)19/h3-6,9,12H,7-8H2,1-2H3. The number of methoxy groups -OCH3 is 1. The normalized spacial score (nSPS) is 16.6. The van der Waals surface area contributed by atoms with Gasteiger partial charge in [0.25, 0.3) is 11.8 Å². The summed E-state index contributed by atoms with van der Waals surface area (Å²) in [5.41, 5.74) is 0.630. The Kier molecular flexibility index (Phi) is 4.63. The lowest BCUT2D eigenvalue weighted by molar-refractivity contribution is -0.145. The molecule has 6 heteroatoms. The first-order chi connectivity index (χ1) is 9.97. The number of hydrogen-bond donors (Lipinski definition) is 0. The molecule has 0 aliphatic carbocycles. The van der Waals surface area contributed by atoms with E-state index in [1.165, 1.54) is 7.11 Å². The van der Waals surface area contributed by atoms with Gasteiger partial charge >= 0.3 is 5.97 Å². The van der Waals surface area contributed by atoms with E-state index in [0.717, 1.165) is 4.90 Å². The summed E-state index contributed by atoms with van der Waals surface area (Å²) in [5, 5.41) is -0.160. The van der Waals surface area contributed by atoms with Crippen LogP contribution in [0, 0.1) is 0 Å². The fourth-order valence-electron chi connectivity index (χ4n) is 2.37. The zero-order chi connectivity index (χ0) is 15.6. The molecule has 2 rings (SSSR count). The Balaban J connectivity index is 2.31. The molecular formula is C15H16ClNO4. The number of benzene rings is 1. The number of hydrogen-bond acceptors (Lipinski definition) is 4. The fraction of sp³-hybridized carbons (Fsp3) is 0.400.